The van der Waals surface area contributed by atoms with Crippen LogP contribution in [0.5, 0.6) is 0 Å². The molecule has 5 aromatic rings. The largest absolute Gasteiger partial charge is 0.393 e. The summed E-state index contributed by atoms with van der Waals surface area (Å²) >= 11 is 1.50. The Morgan fingerprint density at radius 2 is 1.97 bits per heavy atom. The third kappa shape index (κ3) is 3.09. The summed E-state index contributed by atoms with van der Waals surface area (Å²) in [7, 11) is 0. The molecule has 5 rings (SSSR count). The molecule has 1 atom stereocenters. The van der Waals surface area contributed by atoms with Crippen molar-refractivity contribution in [1.29, 1.82) is 0 Å². The predicted octanol–water partition coefficient (Wildman–Crippen LogP) is 3.24. The van der Waals surface area contributed by atoms with Crippen LogP contribution in [0.2, 0.25) is 0 Å². The van der Waals surface area contributed by atoms with Gasteiger partial charge in [0, 0.05) is 11.8 Å². The van der Waals surface area contributed by atoms with Crippen molar-refractivity contribution >= 4 is 17.0 Å². The molecular weight excluding hydrogens is 400 g/mol. The molecule has 9 heteroatoms. The van der Waals surface area contributed by atoms with Gasteiger partial charge in [-0.2, -0.15) is 5.10 Å². The van der Waals surface area contributed by atoms with Gasteiger partial charge >= 0.3 is 0 Å². The Hall–Kier alpha value is -3.40. The number of aliphatic hydroxyl groups is 2. The van der Waals surface area contributed by atoms with Gasteiger partial charge in [-0.25, -0.2) is 15.0 Å². The second-order valence-electron chi connectivity index (χ2n) is 6.83. The van der Waals surface area contributed by atoms with Crippen molar-refractivity contribution in [1.82, 2.24) is 29.5 Å². The number of H-pyrrole nitrogens is 1. The summed E-state index contributed by atoms with van der Waals surface area (Å²) in [5, 5.41) is 27.1. The van der Waals surface area contributed by atoms with Crippen molar-refractivity contribution in [3.05, 3.63) is 66.2 Å². The minimum atomic E-state index is -0.953. The lowest BCUT2D eigenvalue weighted by molar-refractivity contribution is 0.0953. The van der Waals surface area contributed by atoms with Crippen molar-refractivity contribution in [2.45, 2.75) is 13.0 Å². The summed E-state index contributed by atoms with van der Waals surface area (Å²) in [4.78, 5) is 14.8. The van der Waals surface area contributed by atoms with Gasteiger partial charge in [0.25, 0.3) is 0 Å². The Morgan fingerprint density at radius 1 is 1.13 bits per heavy atom. The molecule has 3 N–H and O–H groups in total. The first-order valence-corrected chi connectivity index (χ1v) is 10.2. The maximum atomic E-state index is 10.1. The number of thiazole rings is 1. The molecule has 1 unspecified atom stereocenters. The summed E-state index contributed by atoms with van der Waals surface area (Å²) in [5.74, 6) is 0.653. The van der Waals surface area contributed by atoms with Crippen molar-refractivity contribution in [3.8, 4) is 32.7 Å². The van der Waals surface area contributed by atoms with E-state index >= 15 is 0 Å². The third-order valence-corrected chi connectivity index (χ3v) is 5.95. The van der Waals surface area contributed by atoms with Crippen LogP contribution in [-0.2, 0) is 0 Å². The third-order valence-electron chi connectivity index (χ3n) is 4.88. The summed E-state index contributed by atoms with van der Waals surface area (Å²) in [5.41, 5.74) is 4.81. The van der Waals surface area contributed by atoms with E-state index in [-0.39, 0.29) is 6.61 Å². The van der Waals surface area contributed by atoms with Crippen LogP contribution in [0.1, 0.15) is 17.4 Å². The summed E-state index contributed by atoms with van der Waals surface area (Å²) in [6.07, 6.45) is 2.32. The van der Waals surface area contributed by atoms with E-state index in [1.807, 2.05) is 47.7 Å². The molecule has 0 fully saturated rings. The van der Waals surface area contributed by atoms with E-state index in [1.54, 1.807) is 12.3 Å². The van der Waals surface area contributed by atoms with Gasteiger partial charge in [0.1, 0.15) is 28.8 Å². The first-order chi connectivity index (χ1) is 14.7. The highest BCUT2D eigenvalue weighted by molar-refractivity contribution is 7.18. The highest BCUT2D eigenvalue weighted by Gasteiger charge is 2.22. The lowest BCUT2D eigenvalue weighted by atomic mass is 10.1. The molecule has 0 aliphatic heterocycles. The molecule has 4 heterocycles. The lowest BCUT2D eigenvalue weighted by Gasteiger charge is -2.08. The Balaban J connectivity index is 1.73. The maximum absolute atomic E-state index is 10.1. The number of hydrogen-bond acceptors (Lipinski definition) is 7. The van der Waals surface area contributed by atoms with E-state index in [4.69, 9.17) is 4.98 Å². The van der Waals surface area contributed by atoms with E-state index in [0.29, 0.717) is 11.4 Å². The van der Waals surface area contributed by atoms with Crippen molar-refractivity contribution in [2.24, 2.45) is 0 Å². The van der Waals surface area contributed by atoms with Crippen molar-refractivity contribution in [3.63, 3.8) is 0 Å². The van der Waals surface area contributed by atoms with E-state index < -0.39 is 6.10 Å². The number of nitrogens with zero attached hydrogens (tertiary/aromatic N) is 5. The fourth-order valence-corrected chi connectivity index (χ4v) is 4.56. The molecule has 0 radical (unpaired) electrons. The number of rotatable bonds is 5. The van der Waals surface area contributed by atoms with E-state index in [2.05, 4.69) is 20.2 Å². The van der Waals surface area contributed by atoms with Crippen LogP contribution in [0.15, 0.2) is 55.0 Å². The molecule has 0 spiro atoms. The Morgan fingerprint density at radius 3 is 2.70 bits per heavy atom. The topological polar surface area (TPSA) is 112 Å². The van der Waals surface area contributed by atoms with Crippen molar-refractivity contribution < 1.29 is 10.2 Å². The molecule has 0 saturated heterocycles. The van der Waals surface area contributed by atoms with Crippen molar-refractivity contribution in [2.75, 3.05) is 6.61 Å². The predicted molar refractivity (Wildman–Crippen MR) is 114 cm³/mol. The van der Waals surface area contributed by atoms with Crippen LogP contribution in [0, 0.1) is 6.92 Å². The van der Waals surface area contributed by atoms with Crippen LogP contribution in [0.4, 0.5) is 0 Å². The molecule has 8 nitrogen and oxygen atoms in total. The van der Waals surface area contributed by atoms with Gasteiger partial charge in [-0.1, -0.05) is 36.4 Å². The zero-order valence-corrected chi connectivity index (χ0v) is 16.8. The lowest BCUT2D eigenvalue weighted by Crippen LogP contribution is -2.04. The zero-order valence-electron chi connectivity index (χ0n) is 16.0. The van der Waals surface area contributed by atoms with Gasteiger partial charge in [0.05, 0.1) is 22.9 Å². The van der Waals surface area contributed by atoms with Crippen LogP contribution in [-0.4, -0.2) is 46.4 Å². The van der Waals surface area contributed by atoms with Crippen LogP contribution < -0.4 is 0 Å². The van der Waals surface area contributed by atoms with Gasteiger partial charge in [-0.05, 0) is 18.6 Å². The molecule has 0 aliphatic carbocycles. The quantitative estimate of drug-likeness (QED) is 0.404. The molecule has 0 amide bonds. The second-order valence-corrected chi connectivity index (χ2v) is 7.83. The number of benzene rings is 1. The number of aromatic amines is 1. The monoisotopic (exact) mass is 418 g/mol. The fraction of sp³-hybridized carbons (Fsp3) is 0.143. The zero-order chi connectivity index (χ0) is 20.7. The number of pyridine rings is 1. The molecule has 0 saturated carbocycles. The van der Waals surface area contributed by atoms with Gasteiger partial charge < -0.3 is 10.2 Å². The van der Waals surface area contributed by atoms with Crippen LogP contribution in [0.25, 0.3) is 38.3 Å². The number of aliphatic hydroxyl groups excluding tert-OH is 2. The standard InChI is InChI=1S/C21H18N6O2S/c1-12-18(27-9-14(15(29)10-28)7-8-16(27)24-12)21-25-17(13-5-3-2-4-6-13)19(30-21)20-22-11-23-26-20/h2-9,11,15,28-29H,10H2,1H3,(H,22,23,26). The maximum Gasteiger partial charge on any atom is 0.167 e. The Kier molecular flexibility index (Phi) is 4.62. The molecule has 150 valence electrons. The summed E-state index contributed by atoms with van der Waals surface area (Å²) < 4.78 is 1.90. The highest BCUT2D eigenvalue weighted by Crippen LogP contribution is 2.40. The smallest absolute Gasteiger partial charge is 0.167 e. The molecule has 1 aromatic carbocycles. The second kappa shape index (κ2) is 7.45. The number of imidazole rings is 1. The van der Waals surface area contributed by atoms with Gasteiger partial charge in [-0.3, -0.25) is 9.50 Å². The Bertz CT molecular complexity index is 1310. The molecule has 30 heavy (non-hydrogen) atoms. The first kappa shape index (κ1) is 18.6. The summed E-state index contributed by atoms with van der Waals surface area (Å²) in [6.45, 7) is 1.59. The fourth-order valence-electron chi connectivity index (χ4n) is 3.43. The number of nitrogens with one attached hydrogen (secondary N) is 1. The molecule has 0 aliphatic rings. The van der Waals surface area contributed by atoms with Gasteiger partial charge in [0.2, 0.25) is 0 Å². The van der Waals surface area contributed by atoms with Crippen LogP contribution in [0.3, 0.4) is 0 Å². The molecule has 0 bridgehead atoms. The highest BCUT2D eigenvalue weighted by atomic mass is 32.1. The minimum Gasteiger partial charge on any atom is -0.393 e. The number of fused-ring (bicyclic) bond motifs is 1. The number of aryl methyl sites for hydroxylation is 1. The average Bonchev–Trinajstić information content (AvgIpc) is 3.50. The minimum absolute atomic E-state index is 0.348. The van der Waals surface area contributed by atoms with Gasteiger partial charge in [-0.15, -0.1) is 11.3 Å². The van der Waals surface area contributed by atoms with E-state index in [1.165, 1.54) is 17.7 Å². The average molecular weight is 418 g/mol. The van der Waals surface area contributed by atoms with Crippen LogP contribution >= 0.6 is 11.3 Å². The normalized spacial score (nSPS) is 12.5. The molecule has 4 aromatic heterocycles. The first-order valence-electron chi connectivity index (χ1n) is 9.35. The summed E-state index contributed by atoms with van der Waals surface area (Å²) in [6, 6.07) is 13.5. The number of hydrogen-bond donors (Lipinski definition) is 3. The SMILES string of the molecule is Cc1nc2ccc(C(O)CO)cn2c1-c1nc(-c2ccccc2)c(-c2ncn[nH]2)s1. The molecular formula is C21H18N6O2S. The number of aromatic nitrogens is 6. The van der Waals surface area contributed by atoms with Gasteiger partial charge in [0.15, 0.2) is 5.82 Å². The Labute approximate surface area is 175 Å². The van der Waals surface area contributed by atoms with E-state index in [9.17, 15) is 10.2 Å². The van der Waals surface area contributed by atoms with E-state index in [0.717, 1.165) is 38.2 Å².